The molecular weight excluding hydrogens is 256 g/mol. The topological polar surface area (TPSA) is 73.6 Å². The molecule has 2 unspecified atom stereocenters. The largest absolute Gasteiger partial charge is 0.454 e. The zero-order chi connectivity index (χ0) is 14.5. The van der Waals surface area contributed by atoms with E-state index in [1.54, 1.807) is 0 Å². The molecule has 0 aromatic heterocycles. The minimum atomic E-state index is -0.439. The fourth-order valence-corrected chi connectivity index (χ4v) is 2.14. The fraction of sp³-hybridized carbons (Fsp3) is 0.533. The van der Waals surface area contributed by atoms with Crippen molar-refractivity contribution in [2.24, 2.45) is 5.73 Å². The SMILES string of the molecule is CCCCC(N)C(=O)NC(C)c1ccc2c(c1)OCO2. The van der Waals surface area contributed by atoms with Crippen molar-refractivity contribution in [3.8, 4) is 11.5 Å². The van der Waals surface area contributed by atoms with Crippen molar-refractivity contribution in [3.63, 3.8) is 0 Å². The summed E-state index contributed by atoms with van der Waals surface area (Å²) in [5.74, 6) is 1.36. The number of carbonyl (C=O) groups is 1. The molecule has 0 fully saturated rings. The van der Waals surface area contributed by atoms with Gasteiger partial charge in [-0.1, -0.05) is 25.8 Å². The second kappa shape index (κ2) is 6.61. The number of amides is 1. The molecule has 1 aliphatic rings. The molecule has 1 amide bonds. The molecule has 20 heavy (non-hydrogen) atoms. The fourth-order valence-electron chi connectivity index (χ4n) is 2.14. The summed E-state index contributed by atoms with van der Waals surface area (Å²) in [6.45, 7) is 4.27. The molecule has 0 saturated heterocycles. The van der Waals surface area contributed by atoms with Gasteiger partial charge in [0, 0.05) is 0 Å². The van der Waals surface area contributed by atoms with Crippen LogP contribution in [-0.4, -0.2) is 18.7 Å². The predicted molar refractivity (Wildman–Crippen MR) is 76.6 cm³/mol. The highest BCUT2D eigenvalue weighted by molar-refractivity contribution is 5.81. The van der Waals surface area contributed by atoms with Crippen LogP contribution in [0.4, 0.5) is 0 Å². The number of ether oxygens (including phenoxy) is 2. The van der Waals surface area contributed by atoms with Gasteiger partial charge in [-0.05, 0) is 31.0 Å². The molecule has 1 aromatic carbocycles. The van der Waals surface area contributed by atoms with E-state index in [1.807, 2.05) is 25.1 Å². The minimum absolute atomic E-state index is 0.107. The van der Waals surface area contributed by atoms with Gasteiger partial charge in [0.2, 0.25) is 12.7 Å². The molecule has 1 heterocycles. The van der Waals surface area contributed by atoms with Crippen LogP contribution in [0.2, 0.25) is 0 Å². The number of nitrogens with two attached hydrogens (primary N) is 1. The van der Waals surface area contributed by atoms with Crippen molar-refractivity contribution in [1.82, 2.24) is 5.32 Å². The first-order chi connectivity index (χ1) is 9.61. The van der Waals surface area contributed by atoms with Crippen LogP contribution in [-0.2, 0) is 4.79 Å². The van der Waals surface area contributed by atoms with Gasteiger partial charge in [-0.25, -0.2) is 0 Å². The molecule has 5 nitrogen and oxygen atoms in total. The quantitative estimate of drug-likeness (QED) is 0.836. The highest BCUT2D eigenvalue weighted by atomic mass is 16.7. The first kappa shape index (κ1) is 14.7. The number of carbonyl (C=O) groups excluding carboxylic acids is 1. The highest BCUT2D eigenvalue weighted by Crippen LogP contribution is 2.34. The molecule has 2 atom stereocenters. The normalized spacial score (nSPS) is 15.8. The monoisotopic (exact) mass is 278 g/mol. The summed E-state index contributed by atoms with van der Waals surface area (Å²) in [6, 6.07) is 5.13. The first-order valence-electron chi connectivity index (χ1n) is 7.07. The van der Waals surface area contributed by atoms with E-state index >= 15 is 0 Å². The Morgan fingerprint density at radius 1 is 1.40 bits per heavy atom. The Bertz CT molecular complexity index is 476. The molecule has 2 rings (SSSR count). The smallest absolute Gasteiger partial charge is 0.237 e. The van der Waals surface area contributed by atoms with Gasteiger partial charge in [-0.15, -0.1) is 0 Å². The van der Waals surface area contributed by atoms with Gasteiger partial charge in [-0.2, -0.15) is 0 Å². The standard InChI is InChI=1S/C15H22N2O3/c1-3-4-5-12(16)15(18)17-10(2)11-6-7-13-14(8-11)20-9-19-13/h6-8,10,12H,3-5,9,16H2,1-2H3,(H,17,18). The Morgan fingerprint density at radius 3 is 2.90 bits per heavy atom. The van der Waals surface area contributed by atoms with E-state index < -0.39 is 6.04 Å². The van der Waals surface area contributed by atoms with Crippen LogP contribution in [0.15, 0.2) is 18.2 Å². The molecule has 110 valence electrons. The summed E-state index contributed by atoms with van der Waals surface area (Å²) in [4.78, 5) is 12.0. The molecule has 0 aliphatic carbocycles. The van der Waals surface area contributed by atoms with Gasteiger partial charge in [0.15, 0.2) is 11.5 Å². The Kier molecular flexibility index (Phi) is 4.84. The highest BCUT2D eigenvalue weighted by Gasteiger charge is 2.19. The van der Waals surface area contributed by atoms with Crippen molar-refractivity contribution >= 4 is 5.91 Å². The predicted octanol–water partition coefficient (Wildman–Crippen LogP) is 2.11. The van der Waals surface area contributed by atoms with Crippen LogP contribution >= 0.6 is 0 Å². The van der Waals surface area contributed by atoms with E-state index in [0.717, 1.165) is 36.3 Å². The van der Waals surface area contributed by atoms with E-state index in [0.29, 0.717) is 0 Å². The summed E-state index contributed by atoms with van der Waals surface area (Å²) in [7, 11) is 0. The summed E-state index contributed by atoms with van der Waals surface area (Å²) in [6.07, 6.45) is 2.72. The van der Waals surface area contributed by atoms with Gasteiger partial charge in [0.25, 0.3) is 0 Å². The van der Waals surface area contributed by atoms with Crippen LogP contribution in [0.5, 0.6) is 11.5 Å². The van der Waals surface area contributed by atoms with Crippen LogP contribution in [0.1, 0.15) is 44.7 Å². The zero-order valence-electron chi connectivity index (χ0n) is 12.0. The third-order valence-corrected chi connectivity index (χ3v) is 3.46. The lowest BCUT2D eigenvalue weighted by Crippen LogP contribution is -2.41. The lowest BCUT2D eigenvalue weighted by atomic mass is 10.1. The second-order valence-electron chi connectivity index (χ2n) is 5.09. The van der Waals surface area contributed by atoms with E-state index in [-0.39, 0.29) is 18.7 Å². The van der Waals surface area contributed by atoms with Crippen LogP contribution in [0, 0.1) is 0 Å². The lowest BCUT2D eigenvalue weighted by molar-refractivity contribution is -0.123. The summed E-state index contributed by atoms with van der Waals surface area (Å²) in [5.41, 5.74) is 6.84. The van der Waals surface area contributed by atoms with Crippen molar-refractivity contribution in [1.29, 1.82) is 0 Å². The van der Waals surface area contributed by atoms with Crippen LogP contribution in [0.25, 0.3) is 0 Å². The summed E-state index contributed by atoms with van der Waals surface area (Å²) < 4.78 is 10.6. The van der Waals surface area contributed by atoms with Gasteiger partial charge in [0.05, 0.1) is 12.1 Å². The Balaban J connectivity index is 1.94. The first-order valence-corrected chi connectivity index (χ1v) is 7.07. The molecule has 5 heteroatoms. The number of hydrogen-bond donors (Lipinski definition) is 2. The number of rotatable bonds is 6. The second-order valence-corrected chi connectivity index (χ2v) is 5.09. The maximum Gasteiger partial charge on any atom is 0.237 e. The van der Waals surface area contributed by atoms with Crippen molar-refractivity contribution in [2.75, 3.05) is 6.79 Å². The number of benzene rings is 1. The van der Waals surface area contributed by atoms with Gasteiger partial charge < -0.3 is 20.5 Å². The van der Waals surface area contributed by atoms with Gasteiger partial charge >= 0.3 is 0 Å². The summed E-state index contributed by atoms with van der Waals surface area (Å²) >= 11 is 0. The van der Waals surface area contributed by atoms with Gasteiger partial charge in [0.1, 0.15) is 0 Å². The van der Waals surface area contributed by atoms with E-state index in [2.05, 4.69) is 12.2 Å². The van der Waals surface area contributed by atoms with E-state index in [9.17, 15) is 4.79 Å². The average Bonchev–Trinajstić information content (AvgIpc) is 2.91. The molecule has 0 radical (unpaired) electrons. The third kappa shape index (κ3) is 3.42. The Labute approximate surface area is 119 Å². The molecule has 1 aromatic rings. The molecular formula is C15H22N2O3. The molecule has 0 spiro atoms. The zero-order valence-corrected chi connectivity index (χ0v) is 12.0. The van der Waals surface area contributed by atoms with Crippen LogP contribution in [0.3, 0.4) is 0 Å². The number of nitrogens with one attached hydrogen (secondary N) is 1. The van der Waals surface area contributed by atoms with Crippen molar-refractivity contribution in [2.45, 2.75) is 45.2 Å². The van der Waals surface area contributed by atoms with E-state index in [4.69, 9.17) is 15.2 Å². The van der Waals surface area contributed by atoms with Crippen molar-refractivity contribution in [3.05, 3.63) is 23.8 Å². The molecule has 0 bridgehead atoms. The van der Waals surface area contributed by atoms with E-state index in [1.165, 1.54) is 0 Å². The van der Waals surface area contributed by atoms with Crippen LogP contribution < -0.4 is 20.5 Å². The molecule has 0 saturated carbocycles. The Morgan fingerprint density at radius 2 is 2.15 bits per heavy atom. The third-order valence-electron chi connectivity index (χ3n) is 3.46. The number of hydrogen-bond acceptors (Lipinski definition) is 4. The summed E-state index contributed by atoms with van der Waals surface area (Å²) in [5, 5.41) is 2.94. The number of fused-ring (bicyclic) bond motifs is 1. The maximum absolute atomic E-state index is 12.0. The average molecular weight is 278 g/mol. The lowest BCUT2D eigenvalue weighted by Gasteiger charge is -2.18. The maximum atomic E-state index is 12.0. The molecule has 3 N–H and O–H groups in total. The van der Waals surface area contributed by atoms with Crippen molar-refractivity contribution < 1.29 is 14.3 Å². The minimum Gasteiger partial charge on any atom is -0.454 e. The Hall–Kier alpha value is -1.75. The van der Waals surface area contributed by atoms with Gasteiger partial charge in [-0.3, -0.25) is 4.79 Å². The molecule has 1 aliphatic heterocycles. The number of unbranched alkanes of at least 4 members (excludes halogenated alkanes) is 1.